The summed E-state index contributed by atoms with van der Waals surface area (Å²) >= 11 is 0. The van der Waals surface area contributed by atoms with Crippen LogP contribution >= 0.6 is 24.8 Å². The summed E-state index contributed by atoms with van der Waals surface area (Å²) in [6.07, 6.45) is 1.26. The minimum Gasteiger partial charge on any atom is -0.408 e. The largest absolute Gasteiger partial charge is 0.419 e. The Morgan fingerprint density at radius 3 is 2.30 bits per heavy atom. The summed E-state index contributed by atoms with van der Waals surface area (Å²) in [6, 6.07) is 12.9. The van der Waals surface area contributed by atoms with Crippen LogP contribution in [-0.4, -0.2) is 37.1 Å². The van der Waals surface area contributed by atoms with Crippen LogP contribution in [0.15, 0.2) is 48.7 Å². The molecule has 5 nitrogen and oxygen atoms in total. The number of ether oxygens (including phenoxy) is 1. The van der Waals surface area contributed by atoms with Crippen LogP contribution in [0.1, 0.15) is 5.69 Å². The van der Waals surface area contributed by atoms with Crippen molar-refractivity contribution < 1.29 is 9.53 Å². The molecule has 1 heterocycles. The number of pyridine rings is 1. The second-order valence-electron chi connectivity index (χ2n) is 4.95. The van der Waals surface area contributed by atoms with Crippen molar-refractivity contribution in [2.45, 2.75) is 6.54 Å². The molecule has 0 radical (unpaired) electrons. The molecule has 1 aromatic carbocycles. The minimum absolute atomic E-state index is 0. The van der Waals surface area contributed by atoms with Crippen molar-refractivity contribution in [3.05, 3.63) is 54.4 Å². The fraction of sp³-hybridized carbons (Fsp3) is 0.250. The molecule has 2 rings (SSSR count). The molecule has 0 atom stereocenters. The molecule has 23 heavy (non-hydrogen) atoms. The van der Waals surface area contributed by atoms with Gasteiger partial charge in [0, 0.05) is 25.5 Å². The van der Waals surface area contributed by atoms with E-state index in [9.17, 15) is 4.79 Å². The topological polar surface area (TPSA) is 45.7 Å². The first-order chi connectivity index (χ1) is 10.1. The number of hydrogen-bond acceptors (Lipinski definition) is 4. The fourth-order valence-electron chi connectivity index (χ4n) is 1.85. The SMILES string of the molecule is CN(C)Cc1ncccc1OC(=O)N(C)c1ccccc1.Cl.Cl. The Kier molecular flexibility index (Phi) is 9.25. The van der Waals surface area contributed by atoms with Crippen molar-refractivity contribution in [3.63, 3.8) is 0 Å². The summed E-state index contributed by atoms with van der Waals surface area (Å²) in [5.41, 5.74) is 1.51. The maximum Gasteiger partial charge on any atom is 0.419 e. The Morgan fingerprint density at radius 1 is 1.04 bits per heavy atom. The van der Waals surface area contributed by atoms with E-state index in [1.54, 1.807) is 25.4 Å². The number of para-hydroxylation sites is 1. The molecule has 126 valence electrons. The Morgan fingerprint density at radius 2 is 1.70 bits per heavy atom. The highest BCUT2D eigenvalue weighted by Crippen LogP contribution is 2.19. The second-order valence-corrected chi connectivity index (χ2v) is 4.95. The van der Waals surface area contributed by atoms with Crippen LogP contribution in [0.3, 0.4) is 0 Å². The number of carbonyl (C=O) groups excluding carboxylic acids is 1. The van der Waals surface area contributed by atoms with Crippen LogP contribution in [0.25, 0.3) is 0 Å². The van der Waals surface area contributed by atoms with Crippen LogP contribution in [0, 0.1) is 0 Å². The predicted molar refractivity (Wildman–Crippen MR) is 97.0 cm³/mol. The average Bonchev–Trinajstić information content (AvgIpc) is 2.49. The van der Waals surface area contributed by atoms with Gasteiger partial charge in [-0.2, -0.15) is 0 Å². The lowest BCUT2D eigenvalue weighted by Crippen LogP contribution is -2.30. The maximum absolute atomic E-state index is 12.2. The van der Waals surface area contributed by atoms with Crippen molar-refractivity contribution in [2.75, 3.05) is 26.0 Å². The lowest BCUT2D eigenvalue weighted by Gasteiger charge is -2.18. The Hall–Kier alpha value is -1.82. The number of anilines is 1. The molecule has 0 aliphatic carbocycles. The van der Waals surface area contributed by atoms with Gasteiger partial charge in [0.2, 0.25) is 0 Å². The third-order valence-electron chi connectivity index (χ3n) is 2.93. The zero-order chi connectivity index (χ0) is 15.2. The van der Waals surface area contributed by atoms with Gasteiger partial charge in [-0.1, -0.05) is 18.2 Å². The molecule has 2 aromatic rings. The monoisotopic (exact) mass is 357 g/mol. The van der Waals surface area contributed by atoms with Crippen LogP contribution < -0.4 is 9.64 Å². The summed E-state index contributed by atoms with van der Waals surface area (Å²) in [4.78, 5) is 19.9. The first-order valence-corrected chi connectivity index (χ1v) is 6.67. The number of amides is 1. The Balaban J connectivity index is 0.00000242. The molecule has 0 saturated heterocycles. The van der Waals surface area contributed by atoms with Gasteiger partial charge in [-0.15, -0.1) is 24.8 Å². The molecular formula is C16H21Cl2N3O2. The maximum atomic E-state index is 12.2. The zero-order valence-corrected chi connectivity index (χ0v) is 14.9. The van der Waals surface area contributed by atoms with Gasteiger partial charge in [-0.05, 0) is 38.4 Å². The molecule has 0 fully saturated rings. The summed E-state index contributed by atoms with van der Waals surface area (Å²) < 4.78 is 5.46. The van der Waals surface area contributed by atoms with Crippen molar-refractivity contribution in [3.8, 4) is 5.75 Å². The first-order valence-electron chi connectivity index (χ1n) is 6.67. The third-order valence-corrected chi connectivity index (χ3v) is 2.93. The van der Waals surface area contributed by atoms with Gasteiger partial charge in [0.1, 0.15) is 0 Å². The van der Waals surface area contributed by atoms with E-state index in [1.807, 2.05) is 49.3 Å². The van der Waals surface area contributed by atoms with E-state index in [1.165, 1.54) is 4.90 Å². The molecule has 1 amide bonds. The normalized spacial score (nSPS) is 9.57. The molecule has 0 aliphatic rings. The second kappa shape index (κ2) is 10.0. The number of carbonyl (C=O) groups is 1. The van der Waals surface area contributed by atoms with Gasteiger partial charge in [0.25, 0.3) is 0 Å². The standard InChI is InChI=1S/C16H19N3O2.2ClH/c1-18(2)12-14-15(10-7-11-17-14)21-16(20)19(3)13-8-5-4-6-9-13;;/h4-11H,12H2,1-3H3;2*1H. The Labute approximate surface area is 149 Å². The van der Waals surface area contributed by atoms with Gasteiger partial charge >= 0.3 is 6.09 Å². The zero-order valence-electron chi connectivity index (χ0n) is 13.3. The molecule has 0 aliphatic heterocycles. The molecule has 0 unspecified atom stereocenters. The average molecular weight is 358 g/mol. The summed E-state index contributed by atoms with van der Waals surface area (Å²) in [5.74, 6) is 0.485. The van der Waals surface area contributed by atoms with E-state index < -0.39 is 6.09 Å². The highest BCUT2D eigenvalue weighted by molar-refractivity contribution is 5.88. The number of nitrogens with zero attached hydrogens (tertiary/aromatic N) is 3. The number of benzene rings is 1. The smallest absolute Gasteiger partial charge is 0.408 e. The molecular weight excluding hydrogens is 337 g/mol. The molecule has 0 N–H and O–H groups in total. The van der Waals surface area contributed by atoms with E-state index in [0.717, 1.165) is 11.4 Å². The highest BCUT2D eigenvalue weighted by Gasteiger charge is 2.15. The van der Waals surface area contributed by atoms with Crippen LogP contribution in [0.5, 0.6) is 5.75 Å². The highest BCUT2D eigenvalue weighted by atomic mass is 35.5. The van der Waals surface area contributed by atoms with Crippen LogP contribution in [-0.2, 0) is 6.54 Å². The fourth-order valence-corrected chi connectivity index (χ4v) is 1.85. The Bertz CT molecular complexity index is 609. The summed E-state index contributed by atoms with van der Waals surface area (Å²) in [5, 5.41) is 0. The van der Waals surface area contributed by atoms with Gasteiger partial charge < -0.3 is 9.64 Å². The van der Waals surface area contributed by atoms with E-state index >= 15 is 0 Å². The number of hydrogen-bond donors (Lipinski definition) is 0. The molecule has 1 aromatic heterocycles. The third kappa shape index (κ3) is 6.06. The van der Waals surface area contributed by atoms with Gasteiger partial charge in [-0.3, -0.25) is 9.88 Å². The van der Waals surface area contributed by atoms with E-state index in [-0.39, 0.29) is 24.8 Å². The van der Waals surface area contributed by atoms with E-state index in [2.05, 4.69) is 4.98 Å². The lowest BCUT2D eigenvalue weighted by molar-refractivity contribution is 0.207. The number of rotatable bonds is 4. The van der Waals surface area contributed by atoms with Crippen molar-refractivity contribution in [1.29, 1.82) is 0 Å². The van der Waals surface area contributed by atoms with Crippen LogP contribution in [0.2, 0.25) is 0 Å². The first kappa shape index (κ1) is 21.2. The van der Waals surface area contributed by atoms with Crippen molar-refractivity contribution >= 4 is 36.6 Å². The van der Waals surface area contributed by atoms with Crippen molar-refractivity contribution in [2.24, 2.45) is 0 Å². The van der Waals surface area contributed by atoms with Gasteiger partial charge in [0.15, 0.2) is 5.75 Å². The minimum atomic E-state index is -0.436. The molecule has 7 heteroatoms. The van der Waals surface area contributed by atoms with E-state index in [0.29, 0.717) is 12.3 Å². The van der Waals surface area contributed by atoms with Gasteiger partial charge in [-0.25, -0.2) is 4.79 Å². The van der Waals surface area contributed by atoms with Crippen LogP contribution in [0.4, 0.5) is 10.5 Å². The summed E-state index contributed by atoms with van der Waals surface area (Å²) in [6.45, 7) is 0.610. The molecule has 0 spiro atoms. The van der Waals surface area contributed by atoms with Gasteiger partial charge in [0.05, 0.1) is 5.69 Å². The van der Waals surface area contributed by atoms with Crippen molar-refractivity contribution in [1.82, 2.24) is 9.88 Å². The molecule has 0 bridgehead atoms. The molecule has 0 saturated carbocycles. The lowest BCUT2D eigenvalue weighted by atomic mass is 10.3. The van der Waals surface area contributed by atoms with E-state index in [4.69, 9.17) is 4.74 Å². The summed E-state index contributed by atoms with van der Waals surface area (Å²) in [7, 11) is 5.56. The number of halogens is 2. The number of aromatic nitrogens is 1. The predicted octanol–water partition coefficient (Wildman–Crippen LogP) is 3.62. The quantitative estimate of drug-likeness (QED) is 0.838.